The molecule has 0 saturated heterocycles. The Morgan fingerprint density at radius 2 is 1.58 bits per heavy atom. The van der Waals surface area contributed by atoms with Crippen molar-refractivity contribution in [2.75, 3.05) is 20.6 Å². The summed E-state index contributed by atoms with van der Waals surface area (Å²) >= 11 is 0. The number of nitrogens with one attached hydrogen (secondary N) is 1. The van der Waals surface area contributed by atoms with Crippen LogP contribution in [0.3, 0.4) is 0 Å². The van der Waals surface area contributed by atoms with Gasteiger partial charge in [0.25, 0.3) is 0 Å². The molecule has 0 aromatic heterocycles. The van der Waals surface area contributed by atoms with Gasteiger partial charge in [0.05, 0.1) is 0 Å². The molecule has 108 valence electrons. The molecule has 1 aromatic rings. The van der Waals surface area contributed by atoms with Gasteiger partial charge in [-0.05, 0) is 63.0 Å². The van der Waals surface area contributed by atoms with Gasteiger partial charge in [0.15, 0.2) is 0 Å². The first-order valence-corrected chi connectivity index (χ1v) is 7.26. The molecule has 19 heavy (non-hydrogen) atoms. The van der Waals surface area contributed by atoms with Crippen LogP contribution in [0.15, 0.2) is 12.1 Å². The number of hydrogen-bond acceptors (Lipinski definition) is 2. The first-order valence-electron chi connectivity index (χ1n) is 7.26. The van der Waals surface area contributed by atoms with Gasteiger partial charge in [-0.2, -0.15) is 0 Å². The van der Waals surface area contributed by atoms with E-state index in [2.05, 4.69) is 71.1 Å². The maximum absolute atomic E-state index is 3.71. The fourth-order valence-corrected chi connectivity index (χ4v) is 2.36. The number of aryl methyl sites for hydroxylation is 3. The summed E-state index contributed by atoms with van der Waals surface area (Å²) in [6.07, 6.45) is 0. The fraction of sp³-hybridized carbons (Fsp3) is 0.647. The van der Waals surface area contributed by atoms with E-state index in [0.717, 1.165) is 13.1 Å². The van der Waals surface area contributed by atoms with Crippen molar-refractivity contribution in [3.8, 4) is 0 Å². The molecule has 1 unspecified atom stereocenters. The van der Waals surface area contributed by atoms with Crippen molar-refractivity contribution in [2.45, 2.75) is 47.2 Å². The molecular formula is C17H30N2. The minimum absolute atomic E-state index is 0.538. The molecule has 2 nitrogen and oxygen atoms in total. The minimum atomic E-state index is 0.538. The van der Waals surface area contributed by atoms with E-state index in [4.69, 9.17) is 0 Å². The van der Waals surface area contributed by atoms with Crippen molar-refractivity contribution in [1.29, 1.82) is 0 Å². The van der Waals surface area contributed by atoms with E-state index in [1.165, 1.54) is 22.3 Å². The third-order valence-corrected chi connectivity index (χ3v) is 3.87. The number of nitrogens with zero attached hydrogens (tertiary/aromatic N) is 1. The van der Waals surface area contributed by atoms with Gasteiger partial charge in [0.2, 0.25) is 0 Å². The Balaban J connectivity index is 2.71. The molecule has 0 radical (unpaired) electrons. The van der Waals surface area contributed by atoms with Crippen LogP contribution < -0.4 is 5.32 Å². The molecule has 1 N–H and O–H groups in total. The average Bonchev–Trinajstić information content (AvgIpc) is 2.29. The monoisotopic (exact) mass is 262 g/mol. The van der Waals surface area contributed by atoms with E-state index in [1.807, 2.05) is 0 Å². The lowest BCUT2D eigenvalue weighted by Gasteiger charge is -2.26. The average molecular weight is 262 g/mol. The van der Waals surface area contributed by atoms with Gasteiger partial charge >= 0.3 is 0 Å². The van der Waals surface area contributed by atoms with Crippen molar-refractivity contribution in [3.05, 3.63) is 34.4 Å². The maximum Gasteiger partial charge on any atom is 0.0220 e. The highest BCUT2D eigenvalue weighted by Crippen LogP contribution is 2.16. The Bertz CT molecular complexity index is 408. The first kappa shape index (κ1) is 16.2. The zero-order valence-electron chi connectivity index (χ0n) is 13.7. The van der Waals surface area contributed by atoms with E-state index >= 15 is 0 Å². The summed E-state index contributed by atoms with van der Waals surface area (Å²) < 4.78 is 0. The molecular weight excluding hydrogens is 232 g/mol. The standard InChI is InChI=1S/C17H30N2/c1-12(2)17(11-19(6)7)18-10-16-9-14(4)13(3)8-15(16)5/h8-9,12,17-18H,10-11H2,1-7H3. The van der Waals surface area contributed by atoms with Gasteiger partial charge in [-0.15, -0.1) is 0 Å². The van der Waals surface area contributed by atoms with Gasteiger partial charge < -0.3 is 10.2 Å². The maximum atomic E-state index is 3.71. The quantitative estimate of drug-likeness (QED) is 0.846. The molecule has 0 aliphatic rings. The Hall–Kier alpha value is -0.860. The Morgan fingerprint density at radius 1 is 1.00 bits per heavy atom. The van der Waals surface area contributed by atoms with Crippen LogP contribution in [0.5, 0.6) is 0 Å². The predicted octanol–water partition coefficient (Wildman–Crippen LogP) is 3.29. The molecule has 0 saturated carbocycles. The van der Waals surface area contributed by atoms with Crippen LogP contribution in [-0.4, -0.2) is 31.6 Å². The second-order valence-electron chi connectivity index (χ2n) is 6.36. The van der Waals surface area contributed by atoms with Crippen LogP contribution in [0.2, 0.25) is 0 Å². The number of likely N-dealkylation sites (N-methyl/N-ethyl adjacent to an activating group) is 1. The fourth-order valence-electron chi connectivity index (χ4n) is 2.36. The zero-order chi connectivity index (χ0) is 14.6. The summed E-state index contributed by atoms with van der Waals surface area (Å²) in [4.78, 5) is 2.25. The topological polar surface area (TPSA) is 15.3 Å². The lowest BCUT2D eigenvalue weighted by Crippen LogP contribution is -2.41. The number of hydrogen-bond donors (Lipinski definition) is 1. The van der Waals surface area contributed by atoms with Crippen LogP contribution in [0, 0.1) is 26.7 Å². The Kier molecular flexibility index (Phi) is 6.02. The van der Waals surface area contributed by atoms with E-state index < -0.39 is 0 Å². The van der Waals surface area contributed by atoms with Crippen LogP contribution in [0.1, 0.15) is 36.1 Å². The molecule has 1 rings (SSSR count). The SMILES string of the molecule is Cc1cc(C)c(CNC(CN(C)C)C(C)C)cc1C. The van der Waals surface area contributed by atoms with Crippen molar-refractivity contribution < 1.29 is 0 Å². The summed E-state index contributed by atoms with van der Waals surface area (Å²) in [5.41, 5.74) is 5.58. The van der Waals surface area contributed by atoms with Crippen molar-refractivity contribution >= 4 is 0 Å². The molecule has 0 aliphatic heterocycles. The predicted molar refractivity (Wildman–Crippen MR) is 84.7 cm³/mol. The molecule has 0 fully saturated rings. The van der Waals surface area contributed by atoms with Gasteiger partial charge in [-0.1, -0.05) is 26.0 Å². The van der Waals surface area contributed by atoms with Gasteiger partial charge in [-0.3, -0.25) is 0 Å². The van der Waals surface area contributed by atoms with Crippen molar-refractivity contribution in [2.24, 2.45) is 5.92 Å². The third kappa shape index (κ3) is 4.96. The molecule has 0 heterocycles. The van der Waals surface area contributed by atoms with Crippen molar-refractivity contribution in [3.63, 3.8) is 0 Å². The highest BCUT2D eigenvalue weighted by Gasteiger charge is 2.14. The van der Waals surface area contributed by atoms with Crippen LogP contribution >= 0.6 is 0 Å². The Labute approximate surface area is 119 Å². The number of rotatable bonds is 6. The molecule has 2 heteroatoms. The molecule has 0 spiro atoms. The van der Waals surface area contributed by atoms with Crippen LogP contribution in [0.25, 0.3) is 0 Å². The summed E-state index contributed by atoms with van der Waals surface area (Å²) in [6.45, 7) is 13.2. The first-order chi connectivity index (χ1) is 8.81. The second kappa shape index (κ2) is 7.06. The van der Waals surface area contributed by atoms with Crippen molar-refractivity contribution in [1.82, 2.24) is 10.2 Å². The molecule has 0 bridgehead atoms. The van der Waals surface area contributed by atoms with Gasteiger partial charge in [0.1, 0.15) is 0 Å². The smallest absolute Gasteiger partial charge is 0.0220 e. The third-order valence-electron chi connectivity index (χ3n) is 3.87. The molecule has 0 aliphatic carbocycles. The zero-order valence-corrected chi connectivity index (χ0v) is 13.7. The van der Waals surface area contributed by atoms with Crippen LogP contribution in [0.4, 0.5) is 0 Å². The summed E-state index contributed by atoms with van der Waals surface area (Å²) in [5, 5.41) is 3.71. The molecule has 1 aromatic carbocycles. The summed E-state index contributed by atoms with van der Waals surface area (Å²) in [7, 11) is 4.27. The normalized spacial score (nSPS) is 13.3. The molecule has 0 amide bonds. The lowest BCUT2D eigenvalue weighted by atomic mass is 9.99. The Morgan fingerprint density at radius 3 is 2.11 bits per heavy atom. The van der Waals surface area contributed by atoms with E-state index in [-0.39, 0.29) is 0 Å². The summed E-state index contributed by atoms with van der Waals surface area (Å²) in [6, 6.07) is 5.16. The second-order valence-corrected chi connectivity index (χ2v) is 6.36. The molecule has 1 atom stereocenters. The highest BCUT2D eigenvalue weighted by atomic mass is 15.1. The van der Waals surface area contributed by atoms with Gasteiger partial charge in [0, 0.05) is 19.1 Å². The van der Waals surface area contributed by atoms with Crippen LogP contribution in [-0.2, 0) is 6.54 Å². The van der Waals surface area contributed by atoms with E-state index in [1.54, 1.807) is 0 Å². The number of benzene rings is 1. The highest BCUT2D eigenvalue weighted by molar-refractivity contribution is 5.36. The van der Waals surface area contributed by atoms with Gasteiger partial charge in [-0.25, -0.2) is 0 Å². The summed E-state index contributed by atoms with van der Waals surface area (Å²) in [5.74, 6) is 0.647. The largest absolute Gasteiger partial charge is 0.308 e. The minimum Gasteiger partial charge on any atom is -0.308 e. The lowest BCUT2D eigenvalue weighted by molar-refractivity contribution is 0.288. The van der Waals surface area contributed by atoms with E-state index in [0.29, 0.717) is 12.0 Å². The van der Waals surface area contributed by atoms with E-state index in [9.17, 15) is 0 Å².